The molecule has 0 radical (unpaired) electrons. The summed E-state index contributed by atoms with van der Waals surface area (Å²) in [6.07, 6.45) is -4.92. The van der Waals surface area contributed by atoms with Crippen LogP contribution in [0.1, 0.15) is 12.0 Å². The van der Waals surface area contributed by atoms with Crippen molar-refractivity contribution >= 4 is 21.6 Å². The molecule has 0 aliphatic carbocycles. The first-order valence-electron chi connectivity index (χ1n) is 4.45. The Morgan fingerprint density at radius 2 is 2.00 bits per heavy atom. The van der Waals surface area contributed by atoms with Crippen LogP contribution < -0.4 is 5.32 Å². The fourth-order valence-corrected chi connectivity index (χ4v) is 1.43. The number of hydrogen-bond donors (Lipinski definition) is 1. The molecule has 1 aromatic carbocycles. The van der Waals surface area contributed by atoms with E-state index >= 15 is 0 Å². The maximum Gasteiger partial charge on any atom is 0.390 e. The zero-order valence-corrected chi connectivity index (χ0v) is 9.74. The van der Waals surface area contributed by atoms with E-state index in [1.165, 1.54) is 0 Å². The van der Waals surface area contributed by atoms with Crippen LogP contribution in [0.5, 0.6) is 0 Å². The second kappa shape index (κ2) is 4.88. The van der Waals surface area contributed by atoms with Crippen LogP contribution in [0.2, 0.25) is 0 Å². The molecule has 15 heavy (non-hydrogen) atoms. The smallest absolute Gasteiger partial charge is 0.385 e. The maximum absolute atomic E-state index is 11.9. The molecule has 1 nitrogen and oxygen atoms in total. The third-order valence-corrected chi connectivity index (χ3v) is 2.76. The Morgan fingerprint density at radius 1 is 1.33 bits per heavy atom. The minimum absolute atomic E-state index is 0.0982. The molecule has 1 aromatic rings. The van der Waals surface area contributed by atoms with Gasteiger partial charge in [-0.15, -0.1) is 0 Å². The van der Waals surface area contributed by atoms with Crippen LogP contribution >= 0.6 is 15.9 Å². The number of rotatable bonds is 3. The molecule has 1 N–H and O–H groups in total. The molecule has 0 amide bonds. The summed E-state index contributed by atoms with van der Waals surface area (Å²) in [5.74, 6) is 0. The molecule has 5 heteroatoms. The molecular weight excluding hydrogens is 271 g/mol. The lowest BCUT2D eigenvalue weighted by Gasteiger charge is -2.09. The van der Waals surface area contributed by atoms with Crippen molar-refractivity contribution in [1.82, 2.24) is 0 Å². The van der Waals surface area contributed by atoms with Gasteiger partial charge in [0.2, 0.25) is 0 Å². The molecule has 0 spiro atoms. The van der Waals surface area contributed by atoms with Gasteiger partial charge in [-0.1, -0.05) is 22.0 Å². The van der Waals surface area contributed by atoms with Crippen molar-refractivity contribution in [3.05, 3.63) is 28.2 Å². The molecule has 0 unspecified atom stereocenters. The number of halogens is 4. The SMILES string of the molecule is Cc1ccc(NCCC(F)(F)F)cc1Br. The second-order valence-electron chi connectivity index (χ2n) is 3.26. The number of hydrogen-bond acceptors (Lipinski definition) is 1. The first kappa shape index (κ1) is 12.4. The van der Waals surface area contributed by atoms with Gasteiger partial charge in [0.25, 0.3) is 0 Å². The second-order valence-corrected chi connectivity index (χ2v) is 4.11. The highest BCUT2D eigenvalue weighted by atomic mass is 79.9. The number of anilines is 1. The normalized spacial score (nSPS) is 11.5. The summed E-state index contributed by atoms with van der Waals surface area (Å²) in [4.78, 5) is 0. The molecule has 0 aliphatic heterocycles. The topological polar surface area (TPSA) is 12.0 Å². The lowest BCUT2D eigenvalue weighted by molar-refractivity contribution is -0.131. The van der Waals surface area contributed by atoms with E-state index < -0.39 is 12.6 Å². The van der Waals surface area contributed by atoms with Crippen LogP contribution in [0.15, 0.2) is 22.7 Å². The molecule has 0 bridgehead atoms. The first-order chi connectivity index (χ1) is 6.88. The van der Waals surface area contributed by atoms with Crippen LogP contribution in [0.25, 0.3) is 0 Å². The van der Waals surface area contributed by atoms with Crippen molar-refractivity contribution in [3.63, 3.8) is 0 Å². The van der Waals surface area contributed by atoms with Crippen molar-refractivity contribution in [2.45, 2.75) is 19.5 Å². The van der Waals surface area contributed by atoms with Gasteiger partial charge in [-0.2, -0.15) is 13.2 Å². The van der Waals surface area contributed by atoms with E-state index in [0.717, 1.165) is 10.0 Å². The molecule has 0 aromatic heterocycles. The van der Waals surface area contributed by atoms with Crippen molar-refractivity contribution in [1.29, 1.82) is 0 Å². The van der Waals surface area contributed by atoms with Crippen LogP contribution in [-0.4, -0.2) is 12.7 Å². The summed E-state index contributed by atoms with van der Waals surface area (Å²) < 4.78 is 36.4. The van der Waals surface area contributed by atoms with E-state index in [9.17, 15) is 13.2 Å². The van der Waals surface area contributed by atoms with Gasteiger partial charge < -0.3 is 5.32 Å². The highest BCUT2D eigenvalue weighted by molar-refractivity contribution is 9.10. The highest BCUT2D eigenvalue weighted by Crippen LogP contribution is 2.22. The van der Waals surface area contributed by atoms with Crippen molar-refractivity contribution < 1.29 is 13.2 Å². The Bertz CT molecular complexity index is 336. The number of nitrogens with one attached hydrogen (secondary N) is 1. The third kappa shape index (κ3) is 4.55. The molecule has 84 valence electrons. The summed E-state index contributed by atoms with van der Waals surface area (Å²) in [7, 11) is 0. The molecule has 0 heterocycles. The van der Waals surface area contributed by atoms with Gasteiger partial charge in [0.15, 0.2) is 0 Å². The maximum atomic E-state index is 11.9. The van der Waals surface area contributed by atoms with Crippen molar-refractivity contribution in [3.8, 4) is 0 Å². The minimum Gasteiger partial charge on any atom is -0.385 e. The summed E-state index contributed by atoms with van der Waals surface area (Å²) in [5.41, 5.74) is 1.74. The van der Waals surface area contributed by atoms with E-state index in [0.29, 0.717) is 5.69 Å². The Hall–Kier alpha value is -0.710. The zero-order valence-electron chi connectivity index (χ0n) is 8.16. The van der Waals surface area contributed by atoms with Crippen LogP contribution in [0.4, 0.5) is 18.9 Å². The Balaban J connectivity index is 2.48. The average molecular weight is 282 g/mol. The zero-order chi connectivity index (χ0) is 11.5. The van der Waals surface area contributed by atoms with Crippen LogP contribution in [-0.2, 0) is 0 Å². The molecule has 1 rings (SSSR count). The number of benzene rings is 1. The highest BCUT2D eigenvalue weighted by Gasteiger charge is 2.25. The standard InChI is InChI=1S/C10H11BrF3N/c1-7-2-3-8(6-9(7)11)15-5-4-10(12,13)14/h2-3,6,15H,4-5H2,1H3. The molecular formula is C10H11BrF3N. The van der Waals surface area contributed by atoms with Gasteiger partial charge in [0.1, 0.15) is 0 Å². The van der Waals surface area contributed by atoms with Crippen LogP contribution in [0, 0.1) is 6.92 Å². The lowest BCUT2D eigenvalue weighted by Crippen LogP contribution is -2.14. The van der Waals surface area contributed by atoms with Gasteiger partial charge >= 0.3 is 6.18 Å². The van der Waals surface area contributed by atoms with Gasteiger partial charge in [0.05, 0.1) is 6.42 Å². The summed E-state index contributed by atoms with van der Waals surface area (Å²) >= 11 is 3.32. The molecule has 0 saturated carbocycles. The van der Waals surface area contributed by atoms with Crippen LogP contribution in [0.3, 0.4) is 0 Å². The fourth-order valence-electron chi connectivity index (χ4n) is 1.05. The largest absolute Gasteiger partial charge is 0.390 e. The van der Waals surface area contributed by atoms with Gasteiger partial charge in [-0.05, 0) is 24.6 Å². The summed E-state index contributed by atoms with van der Waals surface area (Å²) in [5, 5.41) is 2.72. The van der Waals surface area contributed by atoms with Gasteiger partial charge in [-0.3, -0.25) is 0 Å². The Morgan fingerprint density at radius 3 is 2.53 bits per heavy atom. The van der Waals surface area contributed by atoms with Crippen molar-refractivity contribution in [2.75, 3.05) is 11.9 Å². The number of alkyl halides is 3. The first-order valence-corrected chi connectivity index (χ1v) is 5.24. The predicted molar refractivity (Wildman–Crippen MR) is 58.0 cm³/mol. The average Bonchev–Trinajstić information content (AvgIpc) is 2.09. The van der Waals surface area contributed by atoms with E-state index in [1.807, 2.05) is 13.0 Å². The molecule has 0 atom stereocenters. The van der Waals surface area contributed by atoms with Gasteiger partial charge in [-0.25, -0.2) is 0 Å². The summed E-state index contributed by atoms with van der Waals surface area (Å²) in [6, 6.07) is 5.38. The fraction of sp³-hybridized carbons (Fsp3) is 0.400. The predicted octanol–water partition coefficient (Wildman–Crippen LogP) is 4.12. The van der Waals surface area contributed by atoms with E-state index in [-0.39, 0.29) is 6.54 Å². The minimum atomic E-state index is -4.10. The molecule has 0 saturated heterocycles. The quantitative estimate of drug-likeness (QED) is 0.879. The number of aryl methyl sites for hydroxylation is 1. The van der Waals surface area contributed by atoms with Gasteiger partial charge in [0, 0.05) is 16.7 Å². The molecule has 0 fully saturated rings. The molecule has 0 aliphatic rings. The third-order valence-electron chi connectivity index (χ3n) is 1.91. The van der Waals surface area contributed by atoms with Crippen molar-refractivity contribution in [2.24, 2.45) is 0 Å². The lowest BCUT2D eigenvalue weighted by atomic mass is 10.2. The van der Waals surface area contributed by atoms with E-state index in [2.05, 4.69) is 21.2 Å². The Labute approximate surface area is 94.8 Å². The van der Waals surface area contributed by atoms with E-state index in [4.69, 9.17) is 0 Å². The Kier molecular flexibility index (Phi) is 4.02. The summed E-state index contributed by atoms with van der Waals surface area (Å²) in [6.45, 7) is 1.82. The monoisotopic (exact) mass is 281 g/mol. The van der Waals surface area contributed by atoms with E-state index in [1.54, 1.807) is 12.1 Å².